The Labute approximate surface area is 163 Å². The van der Waals surface area contributed by atoms with Gasteiger partial charge in [0.05, 0.1) is 36.2 Å². The highest BCUT2D eigenvalue weighted by atomic mass is 35.5. The van der Waals surface area contributed by atoms with E-state index in [-0.39, 0.29) is 5.91 Å². The van der Waals surface area contributed by atoms with E-state index in [4.69, 9.17) is 26.3 Å². The number of amides is 1. The molecule has 140 valence electrons. The molecule has 1 amide bonds. The molecule has 0 spiro atoms. The second-order valence-corrected chi connectivity index (χ2v) is 6.58. The number of nitriles is 1. The van der Waals surface area contributed by atoms with Crippen LogP contribution in [-0.4, -0.2) is 38.3 Å². The van der Waals surface area contributed by atoms with Crippen LogP contribution in [0.3, 0.4) is 0 Å². The highest BCUT2D eigenvalue weighted by molar-refractivity contribution is 6.31. The largest absolute Gasteiger partial charge is 0.481 e. The maximum absolute atomic E-state index is 12.6. The topological polar surface area (TPSA) is 74.6 Å². The summed E-state index contributed by atoms with van der Waals surface area (Å²) in [5, 5.41) is 12.3. The van der Waals surface area contributed by atoms with Crippen molar-refractivity contribution in [3.63, 3.8) is 0 Å². The molecule has 0 aliphatic carbocycles. The Balaban J connectivity index is 1.70. The highest BCUT2D eigenvalue weighted by Gasteiger charge is 2.20. The van der Waals surface area contributed by atoms with Crippen LogP contribution in [-0.2, 0) is 9.53 Å². The van der Waals surface area contributed by atoms with Crippen molar-refractivity contribution in [2.45, 2.75) is 13.0 Å². The van der Waals surface area contributed by atoms with Gasteiger partial charge in [-0.1, -0.05) is 11.6 Å². The predicted octanol–water partition coefficient (Wildman–Crippen LogP) is 3.45. The number of nitrogens with one attached hydrogen (secondary N) is 1. The summed E-state index contributed by atoms with van der Waals surface area (Å²) in [6, 6.07) is 14.1. The lowest BCUT2D eigenvalue weighted by Gasteiger charge is -2.30. The molecule has 1 aliphatic rings. The third kappa shape index (κ3) is 4.91. The lowest BCUT2D eigenvalue weighted by Crippen LogP contribution is -2.37. The van der Waals surface area contributed by atoms with Crippen LogP contribution in [0.15, 0.2) is 42.5 Å². The molecule has 2 aromatic carbocycles. The van der Waals surface area contributed by atoms with E-state index in [1.54, 1.807) is 43.3 Å². The van der Waals surface area contributed by atoms with Crippen molar-refractivity contribution in [1.82, 2.24) is 0 Å². The maximum atomic E-state index is 12.6. The summed E-state index contributed by atoms with van der Waals surface area (Å²) >= 11 is 6.12. The minimum atomic E-state index is -0.713. The van der Waals surface area contributed by atoms with Crippen molar-refractivity contribution in [2.75, 3.05) is 36.5 Å². The zero-order chi connectivity index (χ0) is 19.2. The number of anilines is 2. The summed E-state index contributed by atoms with van der Waals surface area (Å²) in [4.78, 5) is 14.8. The first kappa shape index (κ1) is 19.0. The zero-order valence-corrected chi connectivity index (χ0v) is 15.7. The number of benzene rings is 2. The summed E-state index contributed by atoms with van der Waals surface area (Å²) in [5.74, 6) is 0.243. The molecule has 1 atom stereocenters. The van der Waals surface area contributed by atoms with Gasteiger partial charge in [0.25, 0.3) is 5.91 Å². The second kappa shape index (κ2) is 8.76. The van der Waals surface area contributed by atoms with Gasteiger partial charge >= 0.3 is 0 Å². The van der Waals surface area contributed by atoms with Gasteiger partial charge in [-0.3, -0.25) is 4.79 Å². The number of carbonyl (C=O) groups is 1. The summed E-state index contributed by atoms with van der Waals surface area (Å²) in [6.07, 6.45) is -0.713. The number of morpholine rings is 1. The Bertz CT molecular complexity index is 843. The average molecular weight is 386 g/mol. The van der Waals surface area contributed by atoms with Gasteiger partial charge < -0.3 is 19.7 Å². The average Bonchev–Trinajstić information content (AvgIpc) is 2.69. The fourth-order valence-electron chi connectivity index (χ4n) is 2.79. The Morgan fingerprint density at radius 2 is 1.96 bits per heavy atom. The molecule has 27 heavy (non-hydrogen) atoms. The number of rotatable bonds is 5. The summed E-state index contributed by atoms with van der Waals surface area (Å²) in [5.41, 5.74) is 2.08. The highest BCUT2D eigenvalue weighted by Crippen LogP contribution is 2.30. The van der Waals surface area contributed by atoms with E-state index >= 15 is 0 Å². The van der Waals surface area contributed by atoms with Gasteiger partial charge in [-0.25, -0.2) is 0 Å². The van der Waals surface area contributed by atoms with Crippen LogP contribution >= 0.6 is 11.6 Å². The van der Waals surface area contributed by atoms with Crippen LogP contribution in [0.4, 0.5) is 11.4 Å². The van der Waals surface area contributed by atoms with Gasteiger partial charge in [-0.15, -0.1) is 0 Å². The molecule has 0 bridgehead atoms. The van der Waals surface area contributed by atoms with E-state index in [1.807, 2.05) is 12.1 Å². The van der Waals surface area contributed by atoms with Crippen LogP contribution in [0.1, 0.15) is 12.5 Å². The second-order valence-electron chi connectivity index (χ2n) is 6.15. The van der Waals surface area contributed by atoms with Crippen molar-refractivity contribution in [3.05, 3.63) is 53.1 Å². The first-order valence-corrected chi connectivity index (χ1v) is 9.04. The van der Waals surface area contributed by atoms with E-state index in [1.165, 1.54) is 0 Å². The molecule has 0 aromatic heterocycles. The molecule has 0 saturated carbocycles. The van der Waals surface area contributed by atoms with E-state index in [0.29, 0.717) is 35.2 Å². The molecular formula is C20H20ClN3O3. The molecule has 3 rings (SSSR count). The molecule has 2 aromatic rings. The number of halogens is 1. The van der Waals surface area contributed by atoms with Gasteiger partial charge in [-0.05, 0) is 49.4 Å². The number of hydrogen-bond donors (Lipinski definition) is 1. The predicted molar refractivity (Wildman–Crippen MR) is 104 cm³/mol. The number of nitrogens with zero attached hydrogens (tertiary/aromatic N) is 2. The van der Waals surface area contributed by atoms with Crippen LogP contribution in [0.5, 0.6) is 5.75 Å². The Kier molecular flexibility index (Phi) is 6.17. The summed E-state index contributed by atoms with van der Waals surface area (Å²) < 4.78 is 11.1. The summed E-state index contributed by atoms with van der Waals surface area (Å²) in [6.45, 7) is 4.47. The quantitative estimate of drug-likeness (QED) is 0.853. The first-order chi connectivity index (χ1) is 13.1. The minimum absolute atomic E-state index is 0.281. The van der Waals surface area contributed by atoms with Crippen molar-refractivity contribution in [3.8, 4) is 11.8 Å². The molecule has 1 N–H and O–H groups in total. The SMILES string of the molecule is CC(Oc1ccc(C#N)cc1)C(=O)Nc1cc(Cl)ccc1N1CCOCC1. The van der Waals surface area contributed by atoms with Crippen LogP contribution in [0.25, 0.3) is 0 Å². The van der Waals surface area contributed by atoms with E-state index in [0.717, 1.165) is 18.8 Å². The summed E-state index contributed by atoms with van der Waals surface area (Å²) in [7, 11) is 0. The van der Waals surface area contributed by atoms with Gasteiger partial charge in [0.15, 0.2) is 6.10 Å². The molecule has 1 saturated heterocycles. The lowest BCUT2D eigenvalue weighted by atomic mass is 10.2. The molecular weight excluding hydrogens is 366 g/mol. The molecule has 0 radical (unpaired) electrons. The van der Waals surface area contributed by atoms with Crippen molar-refractivity contribution < 1.29 is 14.3 Å². The van der Waals surface area contributed by atoms with E-state index in [2.05, 4.69) is 10.2 Å². The van der Waals surface area contributed by atoms with Gasteiger partial charge in [0.2, 0.25) is 0 Å². The normalized spacial score (nSPS) is 14.9. The fraction of sp³-hybridized carbons (Fsp3) is 0.300. The number of carbonyl (C=O) groups excluding carboxylic acids is 1. The lowest BCUT2D eigenvalue weighted by molar-refractivity contribution is -0.122. The van der Waals surface area contributed by atoms with Gasteiger partial charge in [0.1, 0.15) is 5.75 Å². The maximum Gasteiger partial charge on any atom is 0.265 e. The standard InChI is InChI=1S/C20H20ClN3O3/c1-14(27-17-5-2-15(13-22)3-6-17)20(25)23-18-12-16(21)4-7-19(18)24-8-10-26-11-9-24/h2-7,12,14H,8-11H2,1H3,(H,23,25). The Hall–Kier alpha value is -2.75. The van der Waals surface area contributed by atoms with Crippen molar-refractivity contribution >= 4 is 28.9 Å². The van der Waals surface area contributed by atoms with Gasteiger partial charge in [-0.2, -0.15) is 5.26 Å². The van der Waals surface area contributed by atoms with Crippen molar-refractivity contribution in [2.24, 2.45) is 0 Å². The van der Waals surface area contributed by atoms with E-state index < -0.39 is 6.10 Å². The monoisotopic (exact) mass is 385 g/mol. The number of hydrogen-bond acceptors (Lipinski definition) is 5. The smallest absolute Gasteiger partial charge is 0.265 e. The third-order valence-electron chi connectivity index (χ3n) is 4.23. The van der Waals surface area contributed by atoms with E-state index in [9.17, 15) is 4.79 Å². The van der Waals surface area contributed by atoms with Crippen LogP contribution in [0.2, 0.25) is 5.02 Å². The Morgan fingerprint density at radius 1 is 1.26 bits per heavy atom. The first-order valence-electron chi connectivity index (χ1n) is 8.67. The van der Waals surface area contributed by atoms with Crippen molar-refractivity contribution in [1.29, 1.82) is 5.26 Å². The molecule has 6 nitrogen and oxygen atoms in total. The third-order valence-corrected chi connectivity index (χ3v) is 4.47. The molecule has 7 heteroatoms. The molecule has 1 unspecified atom stereocenters. The zero-order valence-electron chi connectivity index (χ0n) is 14.9. The fourth-order valence-corrected chi connectivity index (χ4v) is 2.96. The minimum Gasteiger partial charge on any atom is -0.481 e. The number of ether oxygens (including phenoxy) is 2. The van der Waals surface area contributed by atoms with Gasteiger partial charge in [0, 0.05) is 18.1 Å². The van der Waals surface area contributed by atoms with Crippen LogP contribution in [0, 0.1) is 11.3 Å². The molecule has 1 heterocycles. The van der Waals surface area contributed by atoms with Crippen LogP contribution < -0.4 is 15.0 Å². The Morgan fingerprint density at radius 3 is 2.63 bits per heavy atom. The molecule has 1 fully saturated rings. The molecule has 1 aliphatic heterocycles.